The lowest BCUT2D eigenvalue weighted by Crippen LogP contribution is -2.01. The van der Waals surface area contributed by atoms with Crippen LogP contribution < -0.4 is 0 Å². The molecule has 57 heavy (non-hydrogen) atoms. The molecule has 5 nitrogen and oxygen atoms in total. The first-order valence-electron chi connectivity index (χ1n) is 19.2. The average Bonchev–Trinajstić information content (AvgIpc) is 3.64. The zero-order valence-corrected chi connectivity index (χ0v) is 30.8. The van der Waals surface area contributed by atoms with Crippen molar-refractivity contribution in [1.29, 1.82) is 0 Å². The van der Waals surface area contributed by atoms with Gasteiger partial charge >= 0.3 is 0 Å². The van der Waals surface area contributed by atoms with Crippen molar-refractivity contribution in [1.82, 2.24) is 24.5 Å². The van der Waals surface area contributed by atoms with Gasteiger partial charge in [-0.3, -0.25) is 0 Å². The van der Waals surface area contributed by atoms with E-state index in [9.17, 15) is 0 Å². The van der Waals surface area contributed by atoms with Crippen LogP contribution in [-0.2, 0) is 0 Å². The highest BCUT2D eigenvalue weighted by molar-refractivity contribution is 6.30. The van der Waals surface area contributed by atoms with Crippen molar-refractivity contribution in [2.75, 3.05) is 0 Å². The number of para-hydroxylation sites is 3. The van der Waals surface area contributed by atoms with Crippen LogP contribution in [0.3, 0.4) is 0 Å². The van der Waals surface area contributed by atoms with Crippen molar-refractivity contribution in [3.05, 3.63) is 200 Å². The van der Waals surface area contributed by atoms with Gasteiger partial charge in [-0.25, -0.2) is 19.9 Å². The lowest BCUT2D eigenvalue weighted by Gasteiger charge is -2.15. The highest BCUT2D eigenvalue weighted by Gasteiger charge is 2.23. The number of pyridine rings is 1. The van der Waals surface area contributed by atoms with Gasteiger partial charge in [0.1, 0.15) is 0 Å². The maximum Gasteiger partial charge on any atom is 0.164 e. The molecule has 0 spiro atoms. The third-order valence-electron chi connectivity index (χ3n) is 10.8. The molecule has 0 aliphatic carbocycles. The molecule has 0 saturated carbocycles. The zero-order chi connectivity index (χ0) is 37.7. The number of hydrogen-bond donors (Lipinski definition) is 0. The Morgan fingerprint density at radius 3 is 1.53 bits per heavy atom. The van der Waals surface area contributed by atoms with Crippen molar-refractivity contribution >= 4 is 43.5 Å². The maximum absolute atomic E-state index is 5.27. The van der Waals surface area contributed by atoms with Crippen LogP contribution in [0.25, 0.3) is 106 Å². The van der Waals surface area contributed by atoms with E-state index in [2.05, 4.69) is 144 Å². The van der Waals surface area contributed by atoms with Crippen LogP contribution in [0.2, 0.25) is 0 Å². The van der Waals surface area contributed by atoms with Gasteiger partial charge in [-0.15, -0.1) is 0 Å². The van der Waals surface area contributed by atoms with Crippen LogP contribution in [0, 0.1) is 0 Å². The summed E-state index contributed by atoms with van der Waals surface area (Å²) in [5, 5.41) is 5.80. The molecule has 0 saturated heterocycles. The minimum atomic E-state index is 0.618. The number of rotatable bonds is 6. The molecule has 266 valence electrons. The van der Waals surface area contributed by atoms with Gasteiger partial charge in [0.2, 0.25) is 0 Å². The molecule has 0 amide bonds. The maximum atomic E-state index is 5.27. The first-order chi connectivity index (χ1) is 28.3. The number of fused-ring (bicyclic) bond motifs is 7. The molecule has 0 bridgehead atoms. The molecule has 0 radical (unpaired) electrons. The fourth-order valence-corrected chi connectivity index (χ4v) is 8.32. The smallest absolute Gasteiger partial charge is 0.164 e. The standard InChI is InChI=1S/C52H33N5/c1-5-18-34(19-6-1)48-42-32-33-45-47(46(42)41-28-15-16-31-44(41)53-48)43-30-17-29-39(49(43)57(45)37-24-11-4-12-25-37)38-26-13-14-27-40(38)52-55-50(35-20-7-2-8-21-35)54-51(56-52)36-22-9-3-10-23-36/h1-33H. The Morgan fingerprint density at radius 2 is 0.842 bits per heavy atom. The summed E-state index contributed by atoms with van der Waals surface area (Å²) in [4.78, 5) is 20.6. The van der Waals surface area contributed by atoms with E-state index in [4.69, 9.17) is 19.9 Å². The van der Waals surface area contributed by atoms with Crippen LogP contribution in [0.5, 0.6) is 0 Å². The number of benzene rings is 8. The van der Waals surface area contributed by atoms with E-state index in [1.165, 1.54) is 10.8 Å². The molecule has 3 heterocycles. The van der Waals surface area contributed by atoms with Crippen molar-refractivity contribution < 1.29 is 0 Å². The van der Waals surface area contributed by atoms with Crippen molar-refractivity contribution in [2.45, 2.75) is 0 Å². The second-order valence-electron chi connectivity index (χ2n) is 14.2. The van der Waals surface area contributed by atoms with Gasteiger partial charge in [-0.2, -0.15) is 0 Å². The zero-order valence-electron chi connectivity index (χ0n) is 30.8. The summed E-state index contributed by atoms with van der Waals surface area (Å²) < 4.78 is 2.42. The minimum Gasteiger partial charge on any atom is -0.309 e. The van der Waals surface area contributed by atoms with Crippen LogP contribution in [0.15, 0.2) is 200 Å². The lowest BCUT2D eigenvalue weighted by molar-refractivity contribution is 1.07. The molecule has 5 heteroatoms. The molecular formula is C52H33N5. The Balaban J connectivity index is 1.24. The second-order valence-corrected chi connectivity index (χ2v) is 14.2. The van der Waals surface area contributed by atoms with Crippen LogP contribution in [-0.4, -0.2) is 24.5 Å². The predicted octanol–water partition coefficient (Wildman–Crippen LogP) is 13.0. The monoisotopic (exact) mass is 727 g/mol. The Morgan fingerprint density at radius 1 is 0.316 bits per heavy atom. The quantitative estimate of drug-likeness (QED) is 0.160. The van der Waals surface area contributed by atoms with E-state index in [0.717, 1.165) is 77.5 Å². The van der Waals surface area contributed by atoms with Crippen LogP contribution in [0.4, 0.5) is 0 Å². The third kappa shape index (κ3) is 5.48. The Bertz CT molecular complexity index is 3210. The summed E-state index contributed by atoms with van der Waals surface area (Å²) in [6, 6.07) is 69.7. The fraction of sp³-hybridized carbons (Fsp3) is 0. The van der Waals surface area contributed by atoms with Gasteiger partial charge in [0.25, 0.3) is 0 Å². The summed E-state index contributed by atoms with van der Waals surface area (Å²) in [7, 11) is 0. The molecule has 3 aromatic heterocycles. The molecule has 0 unspecified atom stereocenters. The van der Waals surface area contributed by atoms with Crippen molar-refractivity contribution in [3.8, 4) is 62.2 Å². The summed E-state index contributed by atoms with van der Waals surface area (Å²) in [5.74, 6) is 1.88. The highest BCUT2D eigenvalue weighted by Crippen LogP contribution is 2.46. The van der Waals surface area contributed by atoms with Gasteiger partial charge in [-0.1, -0.05) is 176 Å². The number of hydrogen-bond acceptors (Lipinski definition) is 4. The minimum absolute atomic E-state index is 0.618. The highest BCUT2D eigenvalue weighted by atomic mass is 15.0. The molecule has 0 atom stereocenters. The Labute approximate surface area is 329 Å². The molecule has 0 aliphatic rings. The average molecular weight is 728 g/mol. The second kappa shape index (κ2) is 13.5. The molecular weight excluding hydrogens is 695 g/mol. The van der Waals surface area contributed by atoms with E-state index in [0.29, 0.717) is 17.5 Å². The first kappa shape index (κ1) is 32.7. The Hall–Kier alpha value is -7.76. The summed E-state index contributed by atoms with van der Waals surface area (Å²) in [6.45, 7) is 0. The van der Waals surface area contributed by atoms with E-state index in [1.807, 2.05) is 60.7 Å². The number of nitrogens with zero attached hydrogens (tertiary/aromatic N) is 5. The SMILES string of the molecule is c1ccc(-c2nc(-c3ccccc3)nc(-c3ccccc3-c3cccc4c5c6c(ccc5n(-c5ccccc5)c34)c(-c3ccccc3)nc3ccccc36)n2)cc1. The fourth-order valence-electron chi connectivity index (χ4n) is 8.32. The predicted molar refractivity (Wildman–Crippen MR) is 234 cm³/mol. The van der Waals surface area contributed by atoms with Gasteiger partial charge in [0.05, 0.1) is 22.2 Å². The van der Waals surface area contributed by atoms with E-state index < -0.39 is 0 Å². The van der Waals surface area contributed by atoms with Gasteiger partial charge < -0.3 is 4.57 Å². The van der Waals surface area contributed by atoms with E-state index in [1.54, 1.807) is 0 Å². The molecule has 0 N–H and O–H groups in total. The van der Waals surface area contributed by atoms with Gasteiger partial charge in [0.15, 0.2) is 17.5 Å². The van der Waals surface area contributed by atoms with Crippen LogP contribution >= 0.6 is 0 Å². The van der Waals surface area contributed by atoms with E-state index in [-0.39, 0.29) is 0 Å². The normalized spacial score (nSPS) is 11.5. The summed E-state index contributed by atoms with van der Waals surface area (Å²) >= 11 is 0. The van der Waals surface area contributed by atoms with E-state index >= 15 is 0 Å². The largest absolute Gasteiger partial charge is 0.309 e. The van der Waals surface area contributed by atoms with Crippen molar-refractivity contribution in [2.24, 2.45) is 0 Å². The lowest BCUT2D eigenvalue weighted by atomic mass is 9.94. The summed E-state index contributed by atoms with van der Waals surface area (Å²) in [5.41, 5.74) is 11.3. The van der Waals surface area contributed by atoms with Gasteiger partial charge in [-0.05, 0) is 29.8 Å². The Kier molecular flexibility index (Phi) is 7.74. The number of aromatic nitrogens is 5. The molecule has 0 aliphatic heterocycles. The molecule has 8 aromatic carbocycles. The van der Waals surface area contributed by atoms with Crippen molar-refractivity contribution in [3.63, 3.8) is 0 Å². The molecule has 11 rings (SSSR count). The van der Waals surface area contributed by atoms with Gasteiger partial charge in [0, 0.05) is 60.4 Å². The molecule has 11 aromatic rings. The third-order valence-corrected chi connectivity index (χ3v) is 10.8. The first-order valence-corrected chi connectivity index (χ1v) is 19.2. The molecule has 0 fully saturated rings. The topological polar surface area (TPSA) is 56.5 Å². The summed E-state index contributed by atoms with van der Waals surface area (Å²) in [6.07, 6.45) is 0. The van der Waals surface area contributed by atoms with Crippen LogP contribution in [0.1, 0.15) is 0 Å².